The summed E-state index contributed by atoms with van der Waals surface area (Å²) < 4.78 is 10.8. The number of hydrogen-bond donors (Lipinski definition) is 3. The number of carbonyl (C=O) groups excluding carboxylic acids is 1. The maximum absolute atomic E-state index is 12.0. The first-order chi connectivity index (χ1) is 14.7. The fourth-order valence-corrected chi connectivity index (χ4v) is 3.88. The molecule has 0 saturated carbocycles. The maximum Gasteiger partial charge on any atom is 0.290 e. The van der Waals surface area contributed by atoms with Crippen LogP contribution in [0.2, 0.25) is 0 Å². The van der Waals surface area contributed by atoms with Gasteiger partial charge in [-0.05, 0) is 48.6 Å². The molecule has 0 radical (unpaired) electrons. The van der Waals surface area contributed by atoms with Crippen molar-refractivity contribution in [2.45, 2.75) is 31.9 Å². The maximum atomic E-state index is 12.0. The number of amides is 1. The first-order valence-corrected chi connectivity index (χ1v) is 10.4. The van der Waals surface area contributed by atoms with E-state index < -0.39 is 0 Å². The summed E-state index contributed by atoms with van der Waals surface area (Å²) in [5.41, 5.74) is 5.29. The normalized spacial score (nSPS) is 17.2. The lowest BCUT2D eigenvalue weighted by Crippen LogP contribution is -2.33. The lowest BCUT2D eigenvalue weighted by atomic mass is 9.88. The van der Waals surface area contributed by atoms with Crippen LogP contribution in [-0.4, -0.2) is 38.7 Å². The van der Waals surface area contributed by atoms with Crippen molar-refractivity contribution in [3.8, 4) is 0 Å². The molecular formula is C23H28N4O3. The molecular weight excluding hydrogens is 380 g/mol. The summed E-state index contributed by atoms with van der Waals surface area (Å²) in [4.78, 5) is 16.7. The van der Waals surface area contributed by atoms with E-state index in [-0.39, 0.29) is 18.5 Å². The van der Waals surface area contributed by atoms with E-state index >= 15 is 0 Å². The highest BCUT2D eigenvalue weighted by molar-refractivity contribution is 5.92. The number of rotatable bonds is 7. The van der Waals surface area contributed by atoms with Crippen LogP contribution < -0.4 is 16.0 Å². The van der Waals surface area contributed by atoms with Crippen molar-refractivity contribution < 1.29 is 14.3 Å². The molecule has 1 aliphatic carbocycles. The molecule has 1 atom stereocenters. The molecule has 1 heterocycles. The number of nitrogens with one attached hydrogen (secondary N) is 3. The van der Waals surface area contributed by atoms with Gasteiger partial charge in [0, 0.05) is 24.9 Å². The number of anilines is 1. The second kappa shape index (κ2) is 9.73. The number of carbonyl (C=O) groups is 1. The zero-order valence-corrected chi connectivity index (χ0v) is 17.2. The Hall–Kier alpha value is -2.90. The number of ether oxygens (including phenoxy) is 2. The second-order valence-corrected chi connectivity index (χ2v) is 7.55. The quantitative estimate of drug-likeness (QED) is 0.614. The molecule has 1 unspecified atom stereocenters. The predicted molar refractivity (Wildman–Crippen MR) is 117 cm³/mol. The molecule has 3 N–H and O–H groups in total. The van der Waals surface area contributed by atoms with E-state index in [0.717, 1.165) is 36.2 Å². The summed E-state index contributed by atoms with van der Waals surface area (Å²) >= 11 is 0. The van der Waals surface area contributed by atoms with Crippen molar-refractivity contribution in [3.63, 3.8) is 0 Å². The minimum absolute atomic E-state index is 0.0930. The highest BCUT2D eigenvalue weighted by atomic mass is 16.5. The Morgan fingerprint density at radius 1 is 1.23 bits per heavy atom. The van der Waals surface area contributed by atoms with Gasteiger partial charge in [0.15, 0.2) is 0 Å². The summed E-state index contributed by atoms with van der Waals surface area (Å²) in [5, 5.41) is 9.40. The van der Waals surface area contributed by atoms with Crippen LogP contribution >= 0.6 is 0 Å². The number of aliphatic imine (C=N–C) groups is 1. The van der Waals surface area contributed by atoms with E-state index in [1.165, 1.54) is 11.1 Å². The molecule has 0 bridgehead atoms. The minimum Gasteiger partial charge on any atom is -0.460 e. The molecule has 2 aromatic rings. The SMILES string of the molecule is COCCNCC(=O)Nc1ccc2c(c1)COC(NC1CCCc3ccccc31)=N2. The fraction of sp³-hybridized carbons (Fsp3) is 0.391. The lowest BCUT2D eigenvalue weighted by molar-refractivity contribution is -0.115. The van der Waals surface area contributed by atoms with E-state index in [0.29, 0.717) is 25.8 Å². The number of fused-ring (bicyclic) bond motifs is 2. The van der Waals surface area contributed by atoms with Crippen molar-refractivity contribution in [2.75, 3.05) is 32.1 Å². The highest BCUT2D eigenvalue weighted by Crippen LogP contribution is 2.31. The van der Waals surface area contributed by atoms with E-state index in [1.807, 2.05) is 18.2 Å². The van der Waals surface area contributed by atoms with Crippen LogP contribution in [0.5, 0.6) is 0 Å². The van der Waals surface area contributed by atoms with E-state index in [4.69, 9.17) is 9.47 Å². The van der Waals surface area contributed by atoms with Crippen LogP contribution in [0.15, 0.2) is 47.5 Å². The molecule has 30 heavy (non-hydrogen) atoms. The Labute approximate surface area is 176 Å². The van der Waals surface area contributed by atoms with Crippen molar-refractivity contribution in [2.24, 2.45) is 4.99 Å². The highest BCUT2D eigenvalue weighted by Gasteiger charge is 2.23. The summed E-state index contributed by atoms with van der Waals surface area (Å²) in [6, 6.07) is 15.0. The van der Waals surface area contributed by atoms with Gasteiger partial charge >= 0.3 is 0 Å². The van der Waals surface area contributed by atoms with Crippen molar-refractivity contribution in [3.05, 3.63) is 59.2 Å². The Bertz CT molecular complexity index is 928. The van der Waals surface area contributed by atoms with Gasteiger partial charge in [-0.2, -0.15) is 4.99 Å². The average molecular weight is 409 g/mol. The van der Waals surface area contributed by atoms with Gasteiger partial charge < -0.3 is 25.4 Å². The zero-order chi connectivity index (χ0) is 20.8. The van der Waals surface area contributed by atoms with Gasteiger partial charge in [-0.3, -0.25) is 4.79 Å². The first kappa shape index (κ1) is 20.4. The molecule has 0 fully saturated rings. The van der Waals surface area contributed by atoms with Crippen molar-refractivity contribution in [1.29, 1.82) is 0 Å². The number of benzene rings is 2. The van der Waals surface area contributed by atoms with Gasteiger partial charge in [0.25, 0.3) is 6.02 Å². The minimum atomic E-state index is -0.0930. The number of hydrogen-bond acceptors (Lipinski definition) is 6. The largest absolute Gasteiger partial charge is 0.460 e. The van der Waals surface area contributed by atoms with Gasteiger partial charge in [-0.25, -0.2) is 0 Å². The second-order valence-electron chi connectivity index (χ2n) is 7.55. The summed E-state index contributed by atoms with van der Waals surface area (Å²) in [7, 11) is 1.63. The van der Waals surface area contributed by atoms with E-state index in [9.17, 15) is 4.79 Å². The monoisotopic (exact) mass is 408 g/mol. The lowest BCUT2D eigenvalue weighted by Gasteiger charge is -2.28. The molecule has 4 rings (SSSR count). The summed E-state index contributed by atoms with van der Waals surface area (Å²) in [6.07, 6.45) is 3.35. The third-order valence-corrected chi connectivity index (χ3v) is 5.39. The smallest absolute Gasteiger partial charge is 0.290 e. The molecule has 0 aromatic heterocycles. The predicted octanol–water partition coefficient (Wildman–Crippen LogP) is 3.05. The Morgan fingerprint density at radius 3 is 3.03 bits per heavy atom. The summed E-state index contributed by atoms with van der Waals surface area (Å²) in [5.74, 6) is -0.0930. The van der Waals surface area contributed by atoms with Crippen LogP contribution in [0.25, 0.3) is 0 Å². The van der Waals surface area contributed by atoms with Gasteiger partial charge in [0.1, 0.15) is 6.61 Å². The molecule has 2 aliphatic rings. The van der Waals surface area contributed by atoms with Crippen molar-refractivity contribution in [1.82, 2.24) is 10.6 Å². The van der Waals surface area contributed by atoms with Crippen molar-refractivity contribution >= 4 is 23.3 Å². The molecule has 2 aromatic carbocycles. The number of methoxy groups -OCH3 is 1. The Morgan fingerprint density at radius 2 is 2.13 bits per heavy atom. The Balaban J connectivity index is 1.38. The third kappa shape index (κ3) is 4.98. The molecule has 1 amide bonds. The molecule has 1 aliphatic heterocycles. The van der Waals surface area contributed by atoms with Crippen LogP contribution in [0.4, 0.5) is 11.4 Å². The standard InChI is InChI=1S/C23H28N4O3/c1-29-12-11-24-14-22(28)25-18-9-10-20-17(13-18)15-30-23(26-20)27-21-8-4-6-16-5-2-3-7-19(16)21/h2-3,5,7,9-10,13,21,24H,4,6,8,11-12,14-15H2,1H3,(H,25,28)(H,26,27). The molecule has 7 heteroatoms. The van der Waals surface area contributed by atoms with E-state index in [2.05, 4.69) is 45.2 Å². The number of aryl methyl sites for hydroxylation is 1. The van der Waals surface area contributed by atoms with Crippen LogP contribution in [0, 0.1) is 0 Å². The van der Waals surface area contributed by atoms with Gasteiger partial charge in [0.05, 0.1) is 24.9 Å². The van der Waals surface area contributed by atoms with Gasteiger partial charge in [-0.1, -0.05) is 24.3 Å². The van der Waals surface area contributed by atoms with Gasteiger partial charge in [-0.15, -0.1) is 0 Å². The van der Waals surface area contributed by atoms with Crippen LogP contribution in [0.1, 0.15) is 35.6 Å². The topological polar surface area (TPSA) is 84.0 Å². The number of nitrogens with zero attached hydrogens (tertiary/aromatic N) is 1. The van der Waals surface area contributed by atoms with Crippen LogP contribution in [-0.2, 0) is 27.3 Å². The first-order valence-electron chi connectivity index (χ1n) is 10.4. The molecule has 0 saturated heterocycles. The fourth-order valence-electron chi connectivity index (χ4n) is 3.88. The Kier molecular flexibility index (Phi) is 6.61. The zero-order valence-electron chi connectivity index (χ0n) is 17.2. The number of amidine groups is 1. The molecule has 158 valence electrons. The van der Waals surface area contributed by atoms with E-state index in [1.54, 1.807) is 7.11 Å². The average Bonchev–Trinajstić information content (AvgIpc) is 2.77. The third-order valence-electron chi connectivity index (χ3n) is 5.39. The summed E-state index contributed by atoms with van der Waals surface area (Å²) in [6.45, 7) is 1.87. The molecule has 0 spiro atoms. The van der Waals surface area contributed by atoms with Crippen LogP contribution in [0.3, 0.4) is 0 Å². The molecule has 7 nitrogen and oxygen atoms in total. The van der Waals surface area contributed by atoms with Gasteiger partial charge in [0.2, 0.25) is 5.91 Å².